The largest absolute Gasteiger partial charge is 0.497 e. The van der Waals surface area contributed by atoms with Gasteiger partial charge in [0.2, 0.25) is 0 Å². The number of allylic oxidation sites excluding steroid dienone is 3. The Kier molecular flexibility index (Phi) is 8.55. The van der Waals surface area contributed by atoms with Gasteiger partial charge in [-0.1, -0.05) is 48.0 Å². The van der Waals surface area contributed by atoms with Gasteiger partial charge in [-0.05, 0) is 86.9 Å². The second-order valence-electron chi connectivity index (χ2n) is 10.8. The first-order valence-electron chi connectivity index (χ1n) is 13.2. The fourth-order valence-electron chi connectivity index (χ4n) is 4.91. The molecule has 0 bridgehead atoms. The highest BCUT2D eigenvalue weighted by atomic mass is 35.5. The smallest absolute Gasteiger partial charge is 0.315 e. The average Bonchev–Trinajstić information content (AvgIpc) is 2.98. The number of nitrogens with zero attached hydrogens (tertiary/aromatic N) is 1. The van der Waals surface area contributed by atoms with E-state index in [0.717, 1.165) is 22.3 Å². The lowest BCUT2D eigenvalue weighted by Crippen LogP contribution is -2.42. The van der Waals surface area contributed by atoms with Crippen molar-refractivity contribution in [1.29, 1.82) is 0 Å². The van der Waals surface area contributed by atoms with Gasteiger partial charge in [0.05, 0.1) is 48.6 Å². The maximum Gasteiger partial charge on any atom is 0.315 e. The van der Waals surface area contributed by atoms with Crippen molar-refractivity contribution in [2.45, 2.75) is 27.7 Å². The molecule has 4 rings (SSSR count). The number of benzene rings is 3. The molecule has 0 radical (unpaired) electrons. The zero-order chi connectivity index (χ0) is 29.9. The van der Waals surface area contributed by atoms with Crippen LogP contribution in [0.5, 0.6) is 11.5 Å². The fourth-order valence-corrected chi connectivity index (χ4v) is 5.17. The minimum absolute atomic E-state index is 0.0544. The predicted octanol–water partition coefficient (Wildman–Crippen LogP) is 7.67. The Balaban J connectivity index is 2.02. The maximum atomic E-state index is 13.8. The Labute approximate surface area is 246 Å². The van der Waals surface area contributed by atoms with Gasteiger partial charge in [0.15, 0.2) is 5.78 Å². The molecule has 0 saturated carbocycles. The standard InChI is InChI=1S/C34H34ClNO5/c1-33(2)26(20-25(21-11-9-8-10-12-21)34(3,4)32(38)41-7)29(31(33)37)30(22-13-16-24(39-5)17-14-22)36-23-15-18-28(40-6)27(35)19-23/h8-20H,1-7H3/b25-20-,36-30?. The zero-order valence-electron chi connectivity index (χ0n) is 24.4. The van der Waals surface area contributed by atoms with E-state index in [4.69, 9.17) is 30.8 Å². The maximum absolute atomic E-state index is 13.8. The van der Waals surface area contributed by atoms with Crippen molar-refractivity contribution in [2.75, 3.05) is 21.3 Å². The molecule has 0 aliphatic heterocycles. The Hall–Kier alpha value is -4.16. The quantitative estimate of drug-likeness (QED) is 0.195. The van der Waals surface area contributed by atoms with Crippen molar-refractivity contribution in [3.63, 3.8) is 0 Å². The van der Waals surface area contributed by atoms with Gasteiger partial charge in [0, 0.05) is 11.1 Å². The third kappa shape index (κ3) is 5.70. The molecule has 0 spiro atoms. The molecule has 1 aliphatic carbocycles. The molecule has 0 heterocycles. The van der Waals surface area contributed by atoms with E-state index in [0.29, 0.717) is 33.5 Å². The summed E-state index contributed by atoms with van der Waals surface area (Å²) in [6.45, 7) is 7.41. The first kappa shape index (κ1) is 29.8. The summed E-state index contributed by atoms with van der Waals surface area (Å²) >= 11 is 6.42. The molecule has 7 heteroatoms. The van der Waals surface area contributed by atoms with E-state index in [-0.39, 0.29) is 11.8 Å². The van der Waals surface area contributed by atoms with Crippen molar-refractivity contribution in [1.82, 2.24) is 0 Å². The van der Waals surface area contributed by atoms with E-state index in [9.17, 15) is 9.59 Å². The van der Waals surface area contributed by atoms with Gasteiger partial charge < -0.3 is 14.2 Å². The van der Waals surface area contributed by atoms with Crippen LogP contribution in [0.3, 0.4) is 0 Å². The molecule has 6 nitrogen and oxygen atoms in total. The van der Waals surface area contributed by atoms with Crippen LogP contribution in [0.4, 0.5) is 5.69 Å². The molecule has 0 unspecified atom stereocenters. The topological polar surface area (TPSA) is 74.2 Å². The molecule has 0 fully saturated rings. The number of aliphatic imine (C=N–C) groups is 1. The third-order valence-corrected chi connectivity index (χ3v) is 7.75. The van der Waals surface area contributed by atoms with Crippen LogP contribution in [0.2, 0.25) is 5.02 Å². The van der Waals surface area contributed by atoms with Crippen LogP contribution >= 0.6 is 11.6 Å². The molecule has 0 saturated heterocycles. The van der Waals surface area contributed by atoms with Gasteiger partial charge in [0.1, 0.15) is 11.5 Å². The summed E-state index contributed by atoms with van der Waals surface area (Å²) in [6, 6.07) is 22.3. The summed E-state index contributed by atoms with van der Waals surface area (Å²) in [4.78, 5) is 31.7. The molecule has 0 N–H and O–H groups in total. The minimum Gasteiger partial charge on any atom is -0.497 e. The Morgan fingerprint density at radius 1 is 0.902 bits per heavy atom. The molecule has 3 aromatic rings. The average molecular weight is 572 g/mol. The highest BCUT2D eigenvalue weighted by Gasteiger charge is 2.48. The zero-order valence-corrected chi connectivity index (χ0v) is 25.1. The van der Waals surface area contributed by atoms with Gasteiger partial charge >= 0.3 is 5.97 Å². The van der Waals surface area contributed by atoms with E-state index in [2.05, 4.69) is 0 Å². The predicted molar refractivity (Wildman–Crippen MR) is 163 cm³/mol. The van der Waals surface area contributed by atoms with E-state index in [1.165, 1.54) is 7.11 Å². The van der Waals surface area contributed by atoms with Gasteiger partial charge in [-0.3, -0.25) is 9.59 Å². The monoisotopic (exact) mass is 571 g/mol. The number of Topliss-reactive ketones (excluding diaryl/α,β-unsaturated/α-hetero) is 1. The van der Waals surface area contributed by atoms with Gasteiger partial charge in [-0.15, -0.1) is 0 Å². The van der Waals surface area contributed by atoms with Crippen LogP contribution in [0.15, 0.2) is 95.0 Å². The minimum atomic E-state index is -0.996. The summed E-state index contributed by atoms with van der Waals surface area (Å²) in [7, 11) is 4.52. The number of esters is 1. The number of hydrogen-bond donors (Lipinski definition) is 0. The van der Waals surface area contributed by atoms with E-state index in [1.54, 1.807) is 32.4 Å². The lowest BCUT2D eigenvalue weighted by molar-refractivity contribution is -0.147. The van der Waals surface area contributed by atoms with Crippen LogP contribution < -0.4 is 9.47 Å². The lowest BCUT2D eigenvalue weighted by Gasteiger charge is -2.39. The summed E-state index contributed by atoms with van der Waals surface area (Å²) in [6.07, 6.45) is 1.95. The van der Waals surface area contributed by atoms with Crippen LogP contribution in [0.25, 0.3) is 5.57 Å². The van der Waals surface area contributed by atoms with E-state index < -0.39 is 10.8 Å². The SMILES string of the molecule is COC(=O)C(C)(C)/C(=C\C1=C(C(=Nc2ccc(OC)c(Cl)c2)c2ccc(OC)cc2)C(=O)C1(C)C)c1ccccc1. The summed E-state index contributed by atoms with van der Waals surface area (Å²) in [5.41, 5.74) is 2.82. The highest BCUT2D eigenvalue weighted by molar-refractivity contribution is 6.36. The first-order valence-corrected chi connectivity index (χ1v) is 13.6. The number of rotatable bonds is 9. The van der Waals surface area contributed by atoms with Gasteiger partial charge in [0.25, 0.3) is 0 Å². The normalized spacial score (nSPS) is 15.4. The molecule has 41 heavy (non-hydrogen) atoms. The van der Waals surface area contributed by atoms with Crippen LogP contribution in [0, 0.1) is 10.8 Å². The number of methoxy groups -OCH3 is 3. The van der Waals surface area contributed by atoms with E-state index in [1.807, 2.05) is 88.4 Å². The second kappa shape index (κ2) is 11.8. The molecule has 0 amide bonds. The van der Waals surface area contributed by atoms with Crippen molar-refractivity contribution in [3.8, 4) is 11.5 Å². The molecular weight excluding hydrogens is 538 g/mol. The van der Waals surface area contributed by atoms with Crippen molar-refractivity contribution in [2.24, 2.45) is 15.8 Å². The van der Waals surface area contributed by atoms with Crippen molar-refractivity contribution in [3.05, 3.63) is 106 Å². The van der Waals surface area contributed by atoms with E-state index >= 15 is 0 Å². The molecular formula is C34H34ClNO5. The number of halogens is 1. The van der Waals surface area contributed by atoms with Crippen molar-refractivity contribution < 1.29 is 23.8 Å². The number of carbonyl (C=O) groups is 2. The number of ketones is 1. The second-order valence-corrected chi connectivity index (χ2v) is 11.2. The highest BCUT2D eigenvalue weighted by Crippen LogP contribution is 2.48. The number of hydrogen-bond acceptors (Lipinski definition) is 6. The number of ether oxygens (including phenoxy) is 3. The lowest BCUT2D eigenvalue weighted by atomic mass is 9.61. The van der Waals surface area contributed by atoms with Crippen LogP contribution in [-0.2, 0) is 14.3 Å². The number of carbonyl (C=O) groups excluding carboxylic acids is 2. The Morgan fingerprint density at radius 2 is 1.56 bits per heavy atom. The molecule has 0 aromatic heterocycles. The summed E-state index contributed by atoms with van der Waals surface area (Å²) < 4.78 is 15.8. The van der Waals surface area contributed by atoms with Crippen LogP contribution in [0.1, 0.15) is 38.8 Å². The summed E-state index contributed by atoms with van der Waals surface area (Å²) in [5.74, 6) is 0.773. The molecule has 0 atom stereocenters. The first-order chi connectivity index (χ1) is 19.4. The van der Waals surface area contributed by atoms with Gasteiger partial charge in [-0.2, -0.15) is 0 Å². The Morgan fingerprint density at radius 3 is 2.12 bits per heavy atom. The third-order valence-electron chi connectivity index (χ3n) is 7.46. The van der Waals surface area contributed by atoms with Crippen molar-refractivity contribution >= 4 is 40.3 Å². The Bertz CT molecular complexity index is 1560. The summed E-state index contributed by atoms with van der Waals surface area (Å²) in [5, 5.41) is 0.406. The molecule has 1 aliphatic rings. The molecule has 212 valence electrons. The molecule has 3 aromatic carbocycles. The fraction of sp³-hybridized carbons (Fsp3) is 0.265. The van der Waals surface area contributed by atoms with Crippen LogP contribution in [-0.4, -0.2) is 38.8 Å². The van der Waals surface area contributed by atoms with Gasteiger partial charge in [-0.25, -0.2) is 4.99 Å².